The fourth-order valence-electron chi connectivity index (χ4n) is 4.39. The Morgan fingerprint density at radius 2 is 2.06 bits per heavy atom. The van der Waals surface area contributed by atoms with Crippen molar-refractivity contribution < 1.29 is 4.39 Å². The van der Waals surface area contributed by atoms with Gasteiger partial charge in [-0.25, -0.2) is 14.4 Å². The van der Waals surface area contributed by atoms with Crippen LogP contribution < -0.4 is 10.6 Å². The van der Waals surface area contributed by atoms with Crippen molar-refractivity contribution in [2.45, 2.75) is 25.8 Å². The van der Waals surface area contributed by atoms with Crippen LogP contribution >= 0.6 is 0 Å². The van der Waals surface area contributed by atoms with Crippen molar-refractivity contribution in [1.82, 2.24) is 14.5 Å². The molecule has 1 aliphatic heterocycles. The Balaban J connectivity index is 1.77. The number of halogens is 1. The molecule has 0 aliphatic carbocycles. The van der Waals surface area contributed by atoms with Crippen molar-refractivity contribution >= 4 is 16.9 Å². The Hall–Kier alpha value is -3.76. The molecule has 0 spiro atoms. The molecular weight excluding hydrogens is 403 g/mol. The standard InChI is InChI=1S/C25H23FN6/c1-16-4-2-6-20(12-16)32-24(17-7-8-18(14-27)21(26)13-17)30-23-22(9-10-29-25(23)32)31-11-3-5-19(28)15-31/h2,4,6-10,12-13,19H,3,5,11,15,28H2,1H3. The molecule has 1 saturated heterocycles. The number of imidazole rings is 1. The van der Waals surface area contributed by atoms with E-state index in [0.717, 1.165) is 48.4 Å². The van der Waals surface area contributed by atoms with E-state index in [1.807, 2.05) is 41.8 Å². The number of anilines is 1. The molecule has 2 aromatic heterocycles. The Labute approximate surface area is 185 Å². The van der Waals surface area contributed by atoms with Crippen molar-refractivity contribution in [2.75, 3.05) is 18.0 Å². The highest BCUT2D eigenvalue weighted by Crippen LogP contribution is 2.34. The van der Waals surface area contributed by atoms with Crippen LogP contribution in [-0.2, 0) is 0 Å². The van der Waals surface area contributed by atoms with Gasteiger partial charge in [0.25, 0.3) is 0 Å². The van der Waals surface area contributed by atoms with E-state index in [9.17, 15) is 4.39 Å². The van der Waals surface area contributed by atoms with Crippen LogP contribution in [0, 0.1) is 24.1 Å². The normalized spacial score (nSPS) is 16.3. The van der Waals surface area contributed by atoms with Gasteiger partial charge in [-0.3, -0.25) is 4.57 Å². The average Bonchev–Trinajstić information content (AvgIpc) is 3.19. The van der Waals surface area contributed by atoms with Crippen molar-refractivity contribution in [3.05, 3.63) is 71.7 Å². The number of rotatable bonds is 3. The number of aryl methyl sites for hydroxylation is 1. The lowest BCUT2D eigenvalue weighted by atomic mass is 10.1. The highest BCUT2D eigenvalue weighted by Gasteiger charge is 2.24. The Bertz CT molecular complexity index is 1350. The maximum absolute atomic E-state index is 14.5. The number of hydrogen-bond acceptors (Lipinski definition) is 5. The van der Waals surface area contributed by atoms with Gasteiger partial charge in [0.05, 0.1) is 11.3 Å². The summed E-state index contributed by atoms with van der Waals surface area (Å²) in [5.41, 5.74) is 11.3. The van der Waals surface area contributed by atoms with E-state index in [2.05, 4.69) is 16.0 Å². The molecule has 0 saturated carbocycles. The zero-order valence-corrected chi connectivity index (χ0v) is 17.8. The lowest BCUT2D eigenvalue weighted by Gasteiger charge is -2.32. The summed E-state index contributed by atoms with van der Waals surface area (Å²) < 4.78 is 16.5. The molecule has 7 heteroatoms. The molecule has 0 amide bonds. The number of benzene rings is 2. The zero-order chi connectivity index (χ0) is 22.2. The van der Waals surface area contributed by atoms with Gasteiger partial charge < -0.3 is 10.6 Å². The number of hydrogen-bond donors (Lipinski definition) is 1. The Kier molecular flexibility index (Phi) is 5.08. The van der Waals surface area contributed by atoms with Gasteiger partial charge in [0.2, 0.25) is 0 Å². The van der Waals surface area contributed by atoms with Crippen molar-refractivity contribution in [2.24, 2.45) is 5.73 Å². The molecule has 0 radical (unpaired) electrons. The smallest absolute Gasteiger partial charge is 0.167 e. The maximum atomic E-state index is 14.5. The van der Waals surface area contributed by atoms with Gasteiger partial charge >= 0.3 is 0 Å². The van der Waals surface area contributed by atoms with E-state index in [4.69, 9.17) is 16.0 Å². The second-order valence-electron chi connectivity index (χ2n) is 8.27. The maximum Gasteiger partial charge on any atom is 0.167 e. The molecule has 1 aliphatic rings. The molecular formula is C25H23FN6. The van der Waals surface area contributed by atoms with E-state index in [1.54, 1.807) is 12.3 Å². The minimum Gasteiger partial charge on any atom is -0.368 e. The molecule has 1 atom stereocenters. The molecule has 1 unspecified atom stereocenters. The molecule has 0 bridgehead atoms. The summed E-state index contributed by atoms with van der Waals surface area (Å²) in [5, 5.41) is 9.12. The number of aromatic nitrogens is 3. The van der Waals surface area contributed by atoms with Gasteiger partial charge in [-0.1, -0.05) is 12.1 Å². The first-order valence-electron chi connectivity index (χ1n) is 10.7. The van der Waals surface area contributed by atoms with E-state index in [1.165, 1.54) is 12.1 Å². The van der Waals surface area contributed by atoms with Crippen LogP contribution in [-0.4, -0.2) is 33.7 Å². The topological polar surface area (TPSA) is 83.8 Å². The van der Waals surface area contributed by atoms with Crippen LogP contribution in [0.25, 0.3) is 28.2 Å². The summed E-state index contributed by atoms with van der Waals surface area (Å²) in [5.74, 6) is 0.0123. The summed E-state index contributed by atoms with van der Waals surface area (Å²) in [6.45, 7) is 3.69. The fourth-order valence-corrected chi connectivity index (χ4v) is 4.39. The van der Waals surface area contributed by atoms with Gasteiger partial charge in [0, 0.05) is 36.6 Å². The molecule has 32 heavy (non-hydrogen) atoms. The van der Waals surface area contributed by atoms with Crippen LogP contribution in [0.15, 0.2) is 54.7 Å². The highest BCUT2D eigenvalue weighted by molar-refractivity contribution is 5.90. The number of piperidine rings is 1. The van der Waals surface area contributed by atoms with Crippen molar-refractivity contribution in [3.8, 4) is 23.1 Å². The minimum absolute atomic E-state index is 0.00749. The first kappa shape index (κ1) is 20.2. The molecule has 5 rings (SSSR count). The van der Waals surface area contributed by atoms with Crippen molar-refractivity contribution in [3.63, 3.8) is 0 Å². The van der Waals surface area contributed by atoms with Crippen LogP contribution in [0.5, 0.6) is 0 Å². The lowest BCUT2D eigenvalue weighted by Crippen LogP contribution is -2.42. The number of nitrogens with zero attached hydrogens (tertiary/aromatic N) is 5. The third kappa shape index (κ3) is 3.49. The van der Waals surface area contributed by atoms with Gasteiger partial charge in [-0.05, 0) is 61.7 Å². The molecule has 2 aromatic carbocycles. The van der Waals surface area contributed by atoms with Gasteiger partial charge in [0.15, 0.2) is 5.65 Å². The quantitative estimate of drug-likeness (QED) is 0.527. The Morgan fingerprint density at radius 3 is 2.81 bits per heavy atom. The second-order valence-corrected chi connectivity index (χ2v) is 8.27. The molecule has 6 nitrogen and oxygen atoms in total. The van der Waals surface area contributed by atoms with E-state index in [-0.39, 0.29) is 11.6 Å². The number of fused-ring (bicyclic) bond motifs is 1. The summed E-state index contributed by atoms with van der Waals surface area (Å²) in [6.07, 6.45) is 3.82. The summed E-state index contributed by atoms with van der Waals surface area (Å²) in [6, 6.07) is 16.6. The van der Waals surface area contributed by atoms with Crippen LogP contribution in [0.2, 0.25) is 0 Å². The number of nitrogens with two attached hydrogens (primary N) is 1. The third-order valence-electron chi connectivity index (χ3n) is 5.93. The van der Waals surface area contributed by atoms with Gasteiger partial charge in [-0.15, -0.1) is 0 Å². The molecule has 1 fully saturated rings. The average molecular weight is 426 g/mol. The molecule has 3 heterocycles. The number of nitriles is 1. The first-order chi connectivity index (χ1) is 15.5. The Morgan fingerprint density at radius 1 is 1.19 bits per heavy atom. The molecule has 160 valence electrons. The highest BCUT2D eigenvalue weighted by atomic mass is 19.1. The first-order valence-corrected chi connectivity index (χ1v) is 10.7. The van der Waals surface area contributed by atoms with Gasteiger partial charge in [-0.2, -0.15) is 5.26 Å². The van der Waals surface area contributed by atoms with Crippen LogP contribution in [0.4, 0.5) is 10.1 Å². The largest absolute Gasteiger partial charge is 0.368 e. The van der Waals surface area contributed by atoms with Crippen molar-refractivity contribution in [1.29, 1.82) is 5.26 Å². The SMILES string of the molecule is Cc1cccc(-n2c(-c3ccc(C#N)c(F)c3)nc3c(N4CCCC(N)C4)ccnc32)c1. The summed E-state index contributed by atoms with van der Waals surface area (Å²) >= 11 is 0. The van der Waals surface area contributed by atoms with Crippen LogP contribution in [0.1, 0.15) is 24.0 Å². The molecule has 2 N–H and O–H groups in total. The monoisotopic (exact) mass is 426 g/mol. The number of pyridine rings is 1. The van der Waals surface area contributed by atoms with E-state index >= 15 is 0 Å². The third-order valence-corrected chi connectivity index (χ3v) is 5.93. The molecule has 4 aromatic rings. The predicted octanol–water partition coefficient (Wildman–Crippen LogP) is 4.33. The minimum atomic E-state index is -0.567. The fraction of sp³-hybridized carbons (Fsp3) is 0.240. The second kappa shape index (κ2) is 8.06. The lowest BCUT2D eigenvalue weighted by molar-refractivity contribution is 0.507. The summed E-state index contributed by atoms with van der Waals surface area (Å²) in [4.78, 5) is 11.9. The predicted molar refractivity (Wildman–Crippen MR) is 123 cm³/mol. The zero-order valence-electron chi connectivity index (χ0n) is 17.8. The van der Waals surface area contributed by atoms with Gasteiger partial charge in [0.1, 0.15) is 23.2 Å². The van der Waals surface area contributed by atoms with E-state index < -0.39 is 5.82 Å². The van der Waals surface area contributed by atoms with Crippen LogP contribution in [0.3, 0.4) is 0 Å². The van der Waals surface area contributed by atoms with E-state index in [0.29, 0.717) is 17.0 Å². The summed E-state index contributed by atoms with van der Waals surface area (Å²) in [7, 11) is 0.